The number of aryl methyl sites for hydroxylation is 1. The Labute approximate surface area is 170 Å². The second-order valence-corrected chi connectivity index (χ2v) is 7.64. The smallest absolute Gasteiger partial charge is 0.339 e. The fourth-order valence-electron chi connectivity index (χ4n) is 3.05. The Kier molecular flexibility index (Phi) is 8.51. The van der Waals surface area contributed by atoms with Crippen LogP contribution in [0, 0.1) is 0 Å². The summed E-state index contributed by atoms with van der Waals surface area (Å²) in [5, 5.41) is 5.78. The van der Waals surface area contributed by atoms with Gasteiger partial charge in [0.1, 0.15) is 5.01 Å². The minimum Gasteiger partial charge on any atom is -0.465 e. The molecule has 0 amide bonds. The van der Waals surface area contributed by atoms with E-state index in [2.05, 4.69) is 5.10 Å². The molecule has 0 unspecified atom stereocenters. The fourth-order valence-corrected chi connectivity index (χ4v) is 4.26. The largest absolute Gasteiger partial charge is 0.465 e. The summed E-state index contributed by atoms with van der Waals surface area (Å²) >= 11 is 7.77. The van der Waals surface area contributed by atoms with Crippen LogP contribution in [-0.4, -0.2) is 28.9 Å². The third kappa shape index (κ3) is 5.66. The Balaban J connectivity index is 0.00000126. The Hall–Kier alpha value is -1.66. The molecule has 27 heavy (non-hydrogen) atoms. The van der Waals surface area contributed by atoms with Crippen LogP contribution in [-0.2, 0) is 11.8 Å². The molecule has 0 bridgehead atoms. The number of esters is 1. The lowest BCUT2D eigenvalue weighted by Crippen LogP contribution is -2.16. The van der Waals surface area contributed by atoms with E-state index in [-0.39, 0.29) is 0 Å². The second kappa shape index (κ2) is 10.6. The number of nitrogens with zero attached hydrogens (tertiary/aromatic N) is 3. The molecule has 1 aliphatic rings. The number of halogens is 1. The van der Waals surface area contributed by atoms with Crippen LogP contribution in [0.2, 0.25) is 5.02 Å². The molecule has 0 aliphatic heterocycles. The maximum absolute atomic E-state index is 11.7. The number of benzene rings is 1. The van der Waals surface area contributed by atoms with Gasteiger partial charge < -0.3 is 4.74 Å². The second-order valence-electron chi connectivity index (χ2n) is 6.27. The standard InChI is InChI=1S/C18H22ClN3O2S.C2H6/c1-22-18(20-13-7-5-3-4-6-8-13)25-16(21-22)12-9-10-14(15(19)11-12)17(23)24-2;1-2/h9-11,13H,3-8H2,1-2H3;1-2H3. The van der Waals surface area contributed by atoms with Crippen LogP contribution in [0.15, 0.2) is 23.2 Å². The molecule has 3 rings (SSSR count). The predicted octanol–water partition coefficient (Wildman–Crippen LogP) is 5.24. The van der Waals surface area contributed by atoms with Crippen LogP contribution >= 0.6 is 22.9 Å². The molecule has 0 spiro atoms. The first kappa shape index (κ1) is 21.6. The van der Waals surface area contributed by atoms with E-state index in [0.29, 0.717) is 16.6 Å². The van der Waals surface area contributed by atoms with Crippen molar-refractivity contribution in [3.63, 3.8) is 0 Å². The first-order chi connectivity index (χ1) is 13.1. The minimum absolute atomic E-state index is 0.359. The highest BCUT2D eigenvalue weighted by Crippen LogP contribution is 2.26. The van der Waals surface area contributed by atoms with Crippen molar-refractivity contribution in [3.8, 4) is 10.6 Å². The Bertz CT molecular complexity index is 821. The first-order valence-corrected chi connectivity index (χ1v) is 10.7. The summed E-state index contributed by atoms with van der Waals surface area (Å²) < 4.78 is 6.55. The maximum atomic E-state index is 11.7. The lowest BCUT2D eigenvalue weighted by atomic mass is 10.1. The van der Waals surface area contributed by atoms with Crippen LogP contribution < -0.4 is 4.80 Å². The molecule has 1 aromatic heterocycles. The Morgan fingerprint density at radius 1 is 1.26 bits per heavy atom. The molecule has 0 radical (unpaired) electrons. The zero-order valence-electron chi connectivity index (χ0n) is 16.5. The first-order valence-electron chi connectivity index (χ1n) is 9.54. The summed E-state index contributed by atoms with van der Waals surface area (Å²) in [4.78, 5) is 17.5. The van der Waals surface area contributed by atoms with Gasteiger partial charge in [-0.15, -0.1) is 0 Å². The van der Waals surface area contributed by atoms with Gasteiger partial charge in [-0.3, -0.25) is 4.99 Å². The zero-order chi connectivity index (χ0) is 19.8. The van der Waals surface area contributed by atoms with Gasteiger partial charge in [0.05, 0.1) is 23.7 Å². The molecule has 2 aromatic rings. The molecule has 5 nitrogen and oxygen atoms in total. The summed E-state index contributed by atoms with van der Waals surface area (Å²) in [6.07, 6.45) is 7.47. The van der Waals surface area contributed by atoms with Crippen molar-refractivity contribution >= 4 is 28.9 Å². The van der Waals surface area contributed by atoms with E-state index in [1.54, 1.807) is 23.5 Å². The highest BCUT2D eigenvalue weighted by Gasteiger charge is 2.15. The number of carbonyl (C=O) groups excluding carboxylic acids is 1. The number of ether oxygens (including phenoxy) is 1. The molecule has 1 fully saturated rings. The summed E-state index contributed by atoms with van der Waals surface area (Å²) in [5.74, 6) is -0.440. The van der Waals surface area contributed by atoms with Gasteiger partial charge in [-0.25, -0.2) is 9.48 Å². The van der Waals surface area contributed by atoms with Crippen molar-refractivity contribution in [1.29, 1.82) is 0 Å². The Morgan fingerprint density at radius 2 is 1.93 bits per heavy atom. The highest BCUT2D eigenvalue weighted by molar-refractivity contribution is 7.12. The molecule has 0 saturated heterocycles. The van der Waals surface area contributed by atoms with Gasteiger partial charge in [0, 0.05) is 12.6 Å². The number of carbonyl (C=O) groups is 1. The zero-order valence-corrected chi connectivity index (χ0v) is 18.1. The molecule has 1 heterocycles. The van der Waals surface area contributed by atoms with Crippen LogP contribution in [0.3, 0.4) is 0 Å². The SMILES string of the molecule is CC.COC(=O)c1ccc(-c2nn(C)c(=NC3CCCCCC3)s2)cc1Cl. The Morgan fingerprint density at radius 3 is 2.52 bits per heavy atom. The van der Waals surface area contributed by atoms with Crippen molar-refractivity contribution in [2.75, 3.05) is 7.11 Å². The van der Waals surface area contributed by atoms with Crippen LogP contribution in [0.5, 0.6) is 0 Å². The molecular weight excluding hydrogens is 382 g/mol. The lowest BCUT2D eigenvalue weighted by molar-refractivity contribution is 0.0601. The van der Waals surface area contributed by atoms with E-state index >= 15 is 0 Å². The molecule has 0 atom stereocenters. The maximum Gasteiger partial charge on any atom is 0.339 e. The van der Waals surface area contributed by atoms with Gasteiger partial charge in [-0.1, -0.05) is 68.5 Å². The van der Waals surface area contributed by atoms with Gasteiger partial charge in [0.15, 0.2) is 0 Å². The molecule has 0 N–H and O–H groups in total. The molecule has 7 heteroatoms. The van der Waals surface area contributed by atoms with Crippen molar-refractivity contribution in [1.82, 2.24) is 9.78 Å². The lowest BCUT2D eigenvalue weighted by Gasteiger charge is -2.06. The predicted molar refractivity (Wildman–Crippen MR) is 111 cm³/mol. The van der Waals surface area contributed by atoms with Gasteiger partial charge in [0.25, 0.3) is 0 Å². The van der Waals surface area contributed by atoms with E-state index < -0.39 is 5.97 Å². The topological polar surface area (TPSA) is 56.5 Å². The van der Waals surface area contributed by atoms with Gasteiger partial charge >= 0.3 is 5.97 Å². The van der Waals surface area contributed by atoms with Crippen molar-refractivity contribution in [2.45, 2.75) is 58.4 Å². The summed E-state index contributed by atoms with van der Waals surface area (Å²) in [6, 6.07) is 5.66. The minimum atomic E-state index is -0.440. The highest BCUT2D eigenvalue weighted by atomic mass is 35.5. The van der Waals surface area contributed by atoms with Crippen molar-refractivity contribution in [2.24, 2.45) is 12.0 Å². The normalized spacial score (nSPS) is 15.7. The quantitative estimate of drug-likeness (QED) is 0.514. The van der Waals surface area contributed by atoms with E-state index in [1.807, 2.05) is 31.6 Å². The average Bonchev–Trinajstić information content (AvgIpc) is 2.87. The van der Waals surface area contributed by atoms with Gasteiger partial charge in [0.2, 0.25) is 4.80 Å². The van der Waals surface area contributed by atoms with Crippen molar-refractivity contribution in [3.05, 3.63) is 33.6 Å². The van der Waals surface area contributed by atoms with Crippen molar-refractivity contribution < 1.29 is 9.53 Å². The van der Waals surface area contributed by atoms with Gasteiger partial charge in [-0.05, 0) is 25.0 Å². The number of aromatic nitrogens is 2. The number of hydrogen-bond donors (Lipinski definition) is 0. The van der Waals surface area contributed by atoms with E-state index in [9.17, 15) is 4.79 Å². The fraction of sp³-hybridized carbons (Fsp3) is 0.550. The number of hydrogen-bond acceptors (Lipinski definition) is 5. The van der Waals surface area contributed by atoms with Gasteiger partial charge in [-0.2, -0.15) is 5.10 Å². The van der Waals surface area contributed by atoms with Crippen LogP contribution in [0.1, 0.15) is 62.7 Å². The van der Waals surface area contributed by atoms with Crippen LogP contribution in [0.25, 0.3) is 10.6 Å². The summed E-state index contributed by atoms with van der Waals surface area (Å²) in [7, 11) is 3.26. The van der Waals surface area contributed by atoms with E-state index in [4.69, 9.17) is 21.3 Å². The monoisotopic (exact) mass is 409 g/mol. The van der Waals surface area contributed by atoms with E-state index in [0.717, 1.165) is 28.2 Å². The summed E-state index contributed by atoms with van der Waals surface area (Å²) in [5.41, 5.74) is 1.23. The van der Waals surface area contributed by atoms with E-state index in [1.165, 1.54) is 32.8 Å². The van der Waals surface area contributed by atoms with Crippen LogP contribution in [0.4, 0.5) is 0 Å². The molecule has 1 aliphatic carbocycles. The third-order valence-corrected chi connectivity index (χ3v) is 5.82. The average molecular weight is 410 g/mol. The molecule has 1 saturated carbocycles. The number of rotatable bonds is 3. The summed E-state index contributed by atoms with van der Waals surface area (Å²) in [6.45, 7) is 4.00. The third-order valence-electron chi connectivity index (χ3n) is 4.44. The molecule has 148 valence electrons. The number of methoxy groups -OCH3 is 1. The molecule has 1 aromatic carbocycles. The molecular formula is C20H28ClN3O2S.